The molecule has 20 heavy (non-hydrogen) atoms. The maximum absolute atomic E-state index is 9.12. The van der Waals surface area contributed by atoms with Crippen molar-refractivity contribution < 1.29 is 0 Å². The molecule has 0 aromatic heterocycles. The highest BCUT2D eigenvalue weighted by Gasteiger charge is 2.28. The zero-order valence-corrected chi connectivity index (χ0v) is 14.1. The number of hydrogen-bond acceptors (Lipinski definition) is 3. The SMILES string of the molecule is CNC(C)(C#N)CCCCN1CCC(C(C)(C)C)CC1. The molecule has 1 unspecified atom stereocenters. The molecule has 0 aromatic rings. The van der Waals surface area contributed by atoms with Gasteiger partial charge in [-0.1, -0.05) is 20.8 Å². The molecule has 0 amide bonds. The molecule has 1 aliphatic heterocycles. The average Bonchev–Trinajstić information content (AvgIpc) is 2.43. The van der Waals surface area contributed by atoms with Crippen LogP contribution in [0.4, 0.5) is 0 Å². The van der Waals surface area contributed by atoms with E-state index in [0.29, 0.717) is 5.41 Å². The lowest BCUT2D eigenvalue weighted by atomic mass is 9.75. The van der Waals surface area contributed by atoms with Crippen LogP contribution in [0.2, 0.25) is 0 Å². The molecule has 1 rings (SSSR count). The fraction of sp³-hybridized carbons (Fsp3) is 0.941. The van der Waals surface area contributed by atoms with Crippen LogP contribution in [0, 0.1) is 22.7 Å². The van der Waals surface area contributed by atoms with Crippen molar-refractivity contribution in [1.82, 2.24) is 10.2 Å². The summed E-state index contributed by atoms with van der Waals surface area (Å²) < 4.78 is 0. The van der Waals surface area contributed by atoms with E-state index in [2.05, 4.69) is 37.1 Å². The Bertz CT molecular complexity index is 318. The van der Waals surface area contributed by atoms with Crippen molar-refractivity contribution in [3.63, 3.8) is 0 Å². The van der Waals surface area contributed by atoms with E-state index in [0.717, 1.165) is 18.8 Å². The highest BCUT2D eigenvalue weighted by molar-refractivity contribution is 5.02. The van der Waals surface area contributed by atoms with Crippen molar-refractivity contribution in [2.45, 2.75) is 65.3 Å². The molecular weight excluding hydrogens is 246 g/mol. The molecule has 1 N–H and O–H groups in total. The predicted molar refractivity (Wildman–Crippen MR) is 85.5 cm³/mol. The zero-order chi connectivity index (χ0) is 15.2. The van der Waals surface area contributed by atoms with Gasteiger partial charge in [-0.3, -0.25) is 0 Å². The Morgan fingerprint density at radius 3 is 2.20 bits per heavy atom. The molecule has 0 aromatic carbocycles. The molecule has 0 aliphatic carbocycles. The van der Waals surface area contributed by atoms with Gasteiger partial charge < -0.3 is 10.2 Å². The highest BCUT2D eigenvalue weighted by atomic mass is 15.1. The smallest absolute Gasteiger partial charge is 0.103 e. The molecule has 0 bridgehead atoms. The Morgan fingerprint density at radius 1 is 1.15 bits per heavy atom. The van der Waals surface area contributed by atoms with Gasteiger partial charge in [0.25, 0.3) is 0 Å². The number of rotatable bonds is 6. The quantitative estimate of drug-likeness (QED) is 0.757. The lowest BCUT2D eigenvalue weighted by Crippen LogP contribution is -2.39. The molecular formula is C17H33N3. The van der Waals surface area contributed by atoms with Crippen molar-refractivity contribution in [2.24, 2.45) is 11.3 Å². The molecule has 1 aliphatic rings. The summed E-state index contributed by atoms with van der Waals surface area (Å²) in [7, 11) is 1.88. The van der Waals surface area contributed by atoms with Crippen LogP contribution in [0.3, 0.4) is 0 Å². The second-order valence-corrected chi connectivity index (χ2v) is 7.63. The van der Waals surface area contributed by atoms with Crippen LogP contribution in [-0.2, 0) is 0 Å². The Morgan fingerprint density at radius 2 is 1.75 bits per heavy atom. The first-order valence-electron chi connectivity index (χ1n) is 8.13. The number of hydrogen-bond donors (Lipinski definition) is 1. The van der Waals surface area contributed by atoms with E-state index in [9.17, 15) is 0 Å². The molecule has 3 nitrogen and oxygen atoms in total. The Hall–Kier alpha value is -0.590. The van der Waals surface area contributed by atoms with E-state index in [1.54, 1.807) is 0 Å². The third-order valence-corrected chi connectivity index (χ3v) is 5.01. The lowest BCUT2D eigenvalue weighted by Gasteiger charge is -2.38. The summed E-state index contributed by atoms with van der Waals surface area (Å²) in [5, 5.41) is 12.2. The number of piperidine rings is 1. The van der Waals surface area contributed by atoms with Crippen LogP contribution in [0.5, 0.6) is 0 Å². The van der Waals surface area contributed by atoms with Crippen LogP contribution in [0.1, 0.15) is 59.8 Å². The second-order valence-electron chi connectivity index (χ2n) is 7.63. The molecule has 0 radical (unpaired) electrons. The molecule has 1 fully saturated rings. The molecule has 0 saturated carbocycles. The zero-order valence-electron chi connectivity index (χ0n) is 14.1. The van der Waals surface area contributed by atoms with Gasteiger partial charge in [-0.05, 0) is 77.0 Å². The minimum absolute atomic E-state index is 0.348. The Labute approximate surface area is 125 Å². The standard InChI is InChI=1S/C17H33N3/c1-16(2,3)15-8-12-20(13-9-15)11-7-6-10-17(4,14-18)19-5/h15,19H,6-13H2,1-5H3. The van der Waals surface area contributed by atoms with Gasteiger partial charge in [0.1, 0.15) is 5.54 Å². The van der Waals surface area contributed by atoms with Crippen molar-refractivity contribution in [3.05, 3.63) is 0 Å². The van der Waals surface area contributed by atoms with Gasteiger partial charge in [0.2, 0.25) is 0 Å². The van der Waals surface area contributed by atoms with Gasteiger partial charge in [0, 0.05) is 0 Å². The second kappa shape index (κ2) is 7.43. The van der Waals surface area contributed by atoms with E-state index >= 15 is 0 Å². The molecule has 3 heteroatoms. The summed E-state index contributed by atoms with van der Waals surface area (Å²) in [6, 6.07) is 2.36. The third kappa shape index (κ3) is 5.42. The molecule has 0 spiro atoms. The fourth-order valence-electron chi connectivity index (χ4n) is 3.07. The van der Waals surface area contributed by atoms with Crippen molar-refractivity contribution in [1.29, 1.82) is 5.26 Å². The first-order chi connectivity index (χ1) is 9.30. The van der Waals surface area contributed by atoms with Gasteiger partial charge >= 0.3 is 0 Å². The first-order valence-corrected chi connectivity index (χ1v) is 8.13. The summed E-state index contributed by atoms with van der Waals surface area (Å²) in [6.45, 7) is 12.8. The molecule has 1 saturated heterocycles. The molecule has 1 atom stereocenters. The maximum Gasteiger partial charge on any atom is 0.103 e. The maximum atomic E-state index is 9.12. The summed E-state index contributed by atoms with van der Waals surface area (Å²) in [5.74, 6) is 0.880. The van der Waals surface area contributed by atoms with E-state index in [1.165, 1.54) is 38.9 Å². The summed E-state index contributed by atoms with van der Waals surface area (Å²) >= 11 is 0. The highest BCUT2D eigenvalue weighted by Crippen LogP contribution is 2.34. The number of nitriles is 1. The van der Waals surface area contributed by atoms with Crippen molar-refractivity contribution in [3.8, 4) is 6.07 Å². The number of nitrogens with one attached hydrogen (secondary N) is 1. The molecule has 116 valence electrons. The van der Waals surface area contributed by atoms with Crippen LogP contribution < -0.4 is 5.32 Å². The van der Waals surface area contributed by atoms with E-state index in [4.69, 9.17) is 5.26 Å². The largest absolute Gasteiger partial charge is 0.303 e. The summed E-state index contributed by atoms with van der Waals surface area (Å²) in [4.78, 5) is 2.60. The van der Waals surface area contributed by atoms with Gasteiger partial charge in [-0.2, -0.15) is 5.26 Å². The first kappa shape index (κ1) is 17.5. The van der Waals surface area contributed by atoms with Gasteiger partial charge in [-0.25, -0.2) is 0 Å². The van der Waals surface area contributed by atoms with Gasteiger partial charge in [0.15, 0.2) is 0 Å². The Balaban J connectivity index is 2.18. The average molecular weight is 279 g/mol. The van der Waals surface area contributed by atoms with Crippen LogP contribution in [-0.4, -0.2) is 37.1 Å². The Kier molecular flexibility index (Phi) is 6.48. The monoisotopic (exact) mass is 279 g/mol. The van der Waals surface area contributed by atoms with Crippen molar-refractivity contribution in [2.75, 3.05) is 26.7 Å². The topological polar surface area (TPSA) is 39.1 Å². The van der Waals surface area contributed by atoms with Gasteiger partial charge in [-0.15, -0.1) is 0 Å². The predicted octanol–water partition coefficient (Wildman–Crippen LogP) is 3.42. The van der Waals surface area contributed by atoms with Gasteiger partial charge in [0.05, 0.1) is 6.07 Å². The minimum Gasteiger partial charge on any atom is -0.303 e. The lowest BCUT2D eigenvalue weighted by molar-refractivity contribution is 0.111. The summed E-state index contributed by atoms with van der Waals surface area (Å²) in [5.41, 5.74) is 0.118. The number of nitrogens with zero attached hydrogens (tertiary/aromatic N) is 2. The normalized spacial score (nSPS) is 21.4. The van der Waals surface area contributed by atoms with E-state index in [-0.39, 0.29) is 5.54 Å². The van der Waals surface area contributed by atoms with Crippen LogP contribution in [0.25, 0.3) is 0 Å². The van der Waals surface area contributed by atoms with E-state index in [1.807, 2.05) is 14.0 Å². The minimum atomic E-state index is -0.348. The third-order valence-electron chi connectivity index (χ3n) is 5.01. The van der Waals surface area contributed by atoms with E-state index < -0.39 is 0 Å². The number of likely N-dealkylation sites (tertiary alicyclic amines) is 1. The summed E-state index contributed by atoms with van der Waals surface area (Å²) in [6.07, 6.45) is 5.97. The molecule has 1 heterocycles. The number of unbranched alkanes of at least 4 members (excludes halogenated alkanes) is 1. The van der Waals surface area contributed by atoms with Crippen molar-refractivity contribution >= 4 is 0 Å². The van der Waals surface area contributed by atoms with Crippen LogP contribution >= 0.6 is 0 Å². The van der Waals surface area contributed by atoms with Crippen LogP contribution in [0.15, 0.2) is 0 Å². The fourth-order valence-corrected chi connectivity index (χ4v) is 3.07.